The van der Waals surface area contributed by atoms with Gasteiger partial charge in [-0.05, 0) is 37.3 Å². The topological polar surface area (TPSA) is 3.24 Å². The van der Waals surface area contributed by atoms with Gasteiger partial charge in [0.25, 0.3) is 0 Å². The van der Waals surface area contributed by atoms with Crippen molar-refractivity contribution in [1.82, 2.24) is 4.90 Å². The minimum absolute atomic E-state index is 0.688. The van der Waals surface area contributed by atoms with Gasteiger partial charge in [0.2, 0.25) is 0 Å². The van der Waals surface area contributed by atoms with Gasteiger partial charge in [-0.15, -0.1) is 0 Å². The van der Waals surface area contributed by atoms with Crippen molar-refractivity contribution in [1.29, 1.82) is 0 Å². The summed E-state index contributed by atoms with van der Waals surface area (Å²) in [5.41, 5.74) is 0.688. The van der Waals surface area contributed by atoms with E-state index in [0.717, 1.165) is 5.92 Å². The van der Waals surface area contributed by atoms with Crippen LogP contribution in [0.4, 0.5) is 0 Å². The number of rotatable bonds is 4. The highest BCUT2D eigenvalue weighted by atomic mass is 15.1. The molecule has 1 aliphatic heterocycles. The molecule has 0 unspecified atom stereocenters. The van der Waals surface area contributed by atoms with Crippen LogP contribution in [0.15, 0.2) is 0 Å². The molecule has 1 saturated heterocycles. The van der Waals surface area contributed by atoms with Crippen LogP contribution >= 0.6 is 0 Å². The normalized spacial score (nSPS) is 16.9. The third kappa shape index (κ3) is 10.7. The van der Waals surface area contributed by atoms with E-state index < -0.39 is 0 Å². The van der Waals surface area contributed by atoms with E-state index >= 15 is 0 Å². The van der Waals surface area contributed by atoms with Crippen molar-refractivity contribution in [3.63, 3.8) is 0 Å². The Hall–Kier alpha value is -0.0400. The van der Waals surface area contributed by atoms with Gasteiger partial charge in [-0.1, -0.05) is 82.1 Å². The molecule has 0 radical (unpaired) electrons. The van der Waals surface area contributed by atoms with Crippen LogP contribution < -0.4 is 0 Å². The Morgan fingerprint density at radius 1 is 0.800 bits per heavy atom. The molecule has 0 N–H and O–H groups in total. The highest BCUT2D eigenvalue weighted by Crippen LogP contribution is 2.37. The zero-order chi connectivity index (χ0) is 16.6. The summed E-state index contributed by atoms with van der Waals surface area (Å²) in [6.07, 6.45) is 5.59. The molecule has 0 aromatic carbocycles. The second kappa shape index (κ2) is 17.0. The average molecular weight is 288 g/mol. The lowest BCUT2D eigenvalue weighted by Gasteiger charge is -2.41. The number of likely N-dealkylation sites (tertiary alicyclic amines) is 1. The molecule has 0 saturated carbocycles. The van der Waals surface area contributed by atoms with Crippen molar-refractivity contribution in [3.8, 4) is 0 Å². The Kier molecular flexibility index (Phi) is 21.2. The Morgan fingerprint density at radius 3 is 1.40 bits per heavy atom. The van der Waals surface area contributed by atoms with E-state index in [-0.39, 0.29) is 0 Å². The minimum atomic E-state index is 0.688. The van der Waals surface area contributed by atoms with E-state index in [1.807, 2.05) is 41.5 Å². The smallest absolute Gasteiger partial charge is 0.000439 e. The molecule has 1 heterocycles. The molecule has 1 fully saturated rings. The second-order valence-corrected chi connectivity index (χ2v) is 5.40. The van der Waals surface area contributed by atoms with Crippen LogP contribution in [0.3, 0.4) is 0 Å². The zero-order valence-corrected chi connectivity index (χ0v) is 16.5. The van der Waals surface area contributed by atoms with Gasteiger partial charge in [-0.25, -0.2) is 0 Å². The van der Waals surface area contributed by atoms with Gasteiger partial charge in [0, 0.05) is 6.54 Å². The first kappa shape index (κ1) is 24.9. The molecule has 126 valence electrons. The van der Waals surface area contributed by atoms with Crippen molar-refractivity contribution in [2.75, 3.05) is 19.6 Å². The predicted molar refractivity (Wildman–Crippen MR) is 97.6 cm³/mol. The molecule has 1 rings (SSSR count). The molecule has 1 heteroatoms. The van der Waals surface area contributed by atoms with E-state index in [1.165, 1.54) is 45.3 Å². The molecule has 0 atom stereocenters. The highest BCUT2D eigenvalue weighted by molar-refractivity contribution is 4.84. The Labute approximate surface area is 131 Å². The van der Waals surface area contributed by atoms with Crippen LogP contribution in [-0.2, 0) is 0 Å². The molecular weight excluding hydrogens is 242 g/mol. The summed E-state index contributed by atoms with van der Waals surface area (Å²) in [6, 6.07) is 0. The molecular formula is C19H45N. The summed E-state index contributed by atoms with van der Waals surface area (Å²) in [5.74, 6) is 0.825. The van der Waals surface area contributed by atoms with E-state index in [9.17, 15) is 0 Å². The van der Waals surface area contributed by atoms with Gasteiger partial charge in [0.1, 0.15) is 0 Å². The van der Waals surface area contributed by atoms with Crippen LogP contribution in [0.2, 0.25) is 0 Å². The fourth-order valence-electron chi connectivity index (χ4n) is 2.68. The van der Waals surface area contributed by atoms with Gasteiger partial charge in [-0.3, -0.25) is 0 Å². The second-order valence-electron chi connectivity index (χ2n) is 5.40. The van der Waals surface area contributed by atoms with Crippen LogP contribution in [0.1, 0.15) is 94.9 Å². The molecule has 1 nitrogen and oxygen atoms in total. The Morgan fingerprint density at radius 2 is 1.15 bits per heavy atom. The summed E-state index contributed by atoms with van der Waals surface area (Å²) in [4.78, 5) is 2.65. The summed E-state index contributed by atoms with van der Waals surface area (Å²) in [5, 5.41) is 0. The number of hydrogen-bond acceptors (Lipinski definition) is 1. The van der Waals surface area contributed by atoms with Gasteiger partial charge in [0.05, 0.1) is 0 Å². The molecule has 20 heavy (non-hydrogen) atoms. The molecule has 0 aliphatic carbocycles. The van der Waals surface area contributed by atoms with Crippen LogP contribution in [0.25, 0.3) is 0 Å². The van der Waals surface area contributed by atoms with E-state index in [4.69, 9.17) is 0 Å². The Balaban J connectivity index is -0.000000425. The first-order valence-corrected chi connectivity index (χ1v) is 9.34. The van der Waals surface area contributed by atoms with Crippen LogP contribution in [-0.4, -0.2) is 24.5 Å². The Bertz CT molecular complexity index is 149. The third-order valence-corrected chi connectivity index (χ3v) is 4.04. The van der Waals surface area contributed by atoms with E-state index in [2.05, 4.69) is 32.6 Å². The minimum Gasteiger partial charge on any atom is -0.303 e. The van der Waals surface area contributed by atoms with Crippen molar-refractivity contribution in [2.45, 2.75) is 94.9 Å². The summed E-state index contributed by atoms with van der Waals surface area (Å²) in [7, 11) is 0. The largest absolute Gasteiger partial charge is 0.303 e. The summed E-state index contributed by atoms with van der Waals surface area (Å²) < 4.78 is 0. The van der Waals surface area contributed by atoms with Crippen LogP contribution in [0.5, 0.6) is 0 Å². The lowest BCUT2D eigenvalue weighted by atomic mass is 9.74. The van der Waals surface area contributed by atoms with Gasteiger partial charge >= 0.3 is 0 Å². The monoisotopic (exact) mass is 287 g/mol. The molecule has 0 aromatic heterocycles. The fourth-order valence-corrected chi connectivity index (χ4v) is 2.68. The maximum absolute atomic E-state index is 2.65. The van der Waals surface area contributed by atoms with Crippen molar-refractivity contribution < 1.29 is 0 Å². The predicted octanol–water partition coefficient (Wildman–Crippen LogP) is 6.62. The third-order valence-electron chi connectivity index (χ3n) is 4.04. The molecule has 0 amide bonds. The van der Waals surface area contributed by atoms with Crippen LogP contribution in [0, 0.1) is 11.3 Å². The highest BCUT2D eigenvalue weighted by Gasteiger charge is 2.30. The zero-order valence-electron chi connectivity index (χ0n) is 16.5. The van der Waals surface area contributed by atoms with Gasteiger partial charge < -0.3 is 4.90 Å². The first-order valence-electron chi connectivity index (χ1n) is 9.34. The maximum Gasteiger partial charge on any atom is 0.000439 e. The fraction of sp³-hybridized carbons (Fsp3) is 1.00. The quantitative estimate of drug-likeness (QED) is 0.561. The number of piperidine rings is 1. The first-order chi connectivity index (χ1) is 9.62. The number of nitrogens with zero attached hydrogens (tertiary/aromatic N) is 1. The summed E-state index contributed by atoms with van der Waals surface area (Å²) in [6.45, 7) is 25.3. The SMILES string of the molecule is CC.CC.CC.CCC1(CC)CCN(CC(C)C)CC1. The van der Waals surface area contributed by atoms with Crippen molar-refractivity contribution in [2.24, 2.45) is 11.3 Å². The molecule has 0 spiro atoms. The van der Waals surface area contributed by atoms with Crippen molar-refractivity contribution >= 4 is 0 Å². The lowest BCUT2D eigenvalue weighted by molar-refractivity contribution is 0.0878. The standard InChI is InChI=1S/C13H27N.3C2H6/c1-5-13(6-2)7-9-14(10-8-13)11-12(3)4;3*1-2/h12H,5-11H2,1-4H3;3*1-2H3. The van der Waals surface area contributed by atoms with Crippen molar-refractivity contribution in [3.05, 3.63) is 0 Å². The number of hydrogen-bond donors (Lipinski definition) is 0. The van der Waals surface area contributed by atoms with Gasteiger partial charge in [-0.2, -0.15) is 0 Å². The molecule has 0 aromatic rings. The van der Waals surface area contributed by atoms with E-state index in [1.54, 1.807) is 0 Å². The summed E-state index contributed by atoms with van der Waals surface area (Å²) >= 11 is 0. The maximum atomic E-state index is 2.65. The lowest BCUT2D eigenvalue weighted by Crippen LogP contribution is -2.41. The average Bonchev–Trinajstić information content (AvgIpc) is 2.54. The van der Waals surface area contributed by atoms with E-state index in [0.29, 0.717) is 5.41 Å². The molecule has 1 aliphatic rings. The molecule has 0 bridgehead atoms. The van der Waals surface area contributed by atoms with Gasteiger partial charge in [0.15, 0.2) is 0 Å².